The third kappa shape index (κ3) is 5.93. The zero-order chi connectivity index (χ0) is 19.2. The number of aromatic amines is 1. The van der Waals surface area contributed by atoms with Gasteiger partial charge >= 0.3 is 0 Å². The zero-order valence-corrected chi connectivity index (χ0v) is 14.7. The van der Waals surface area contributed by atoms with Crippen LogP contribution in [0.2, 0.25) is 0 Å². The first-order valence-corrected chi connectivity index (χ1v) is 8.55. The molecule has 0 aliphatic carbocycles. The second-order valence-corrected chi connectivity index (χ2v) is 6.72. The lowest BCUT2D eigenvalue weighted by molar-refractivity contribution is -0.135. The molecule has 2 aromatic rings. The van der Waals surface area contributed by atoms with E-state index in [1.807, 2.05) is 0 Å². The first-order valence-electron chi connectivity index (χ1n) is 8.55. The Balaban J connectivity index is 1.94. The summed E-state index contributed by atoms with van der Waals surface area (Å²) in [6.45, 7) is 1.38. The number of amides is 1. The summed E-state index contributed by atoms with van der Waals surface area (Å²) >= 11 is 0. The zero-order valence-electron chi connectivity index (χ0n) is 14.7. The van der Waals surface area contributed by atoms with Crippen LogP contribution in [0.4, 0.5) is 4.39 Å². The van der Waals surface area contributed by atoms with Crippen LogP contribution in [0.15, 0.2) is 36.7 Å². The summed E-state index contributed by atoms with van der Waals surface area (Å²) in [5.74, 6) is -0.612. The summed E-state index contributed by atoms with van der Waals surface area (Å²) in [5.41, 5.74) is 4.37. The van der Waals surface area contributed by atoms with Crippen LogP contribution in [0.25, 0.3) is 0 Å². The van der Waals surface area contributed by atoms with Crippen molar-refractivity contribution in [3.8, 4) is 0 Å². The Morgan fingerprint density at radius 3 is 2.88 bits per heavy atom. The molecule has 2 rings (SSSR count). The third-order valence-corrected chi connectivity index (χ3v) is 4.46. The Labute approximate surface area is 152 Å². The van der Waals surface area contributed by atoms with Crippen molar-refractivity contribution in [2.75, 3.05) is 0 Å². The molecule has 1 aromatic heterocycles. The predicted molar refractivity (Wildman–Crippen MR) is 95.4 cm³/mol. The van der Waals surface area contributed by atoms with Crippen molar-refractivity contribution in [3.63, 3.8) is 0 Å². The molecule has 1 amide bonds. The molecule has 0 aliphatic rings. The number of aromatic nitrogens is 2. The van der Waals surface area contributed by atoms with Crippen LogP contribution in [-0.4, -0.2) is 37.8 Å². The van der Waals surface area contributed by atoms with Gasteiger partial charge in [0.1, 0.15) is 17.2 Å². The molecule has 1 radical (unpaired) electrons. The topological polar surface area (TPSA) is 112 Å². The van der Waals surface area contributed by atoms with Gasteiger partial charge in [0, 0.05) is 18.3 Å². The van der Waals surface area contributed by atoms with E-state index in [0.717, 1.165) is 5.56 Å². The molecular weight excluding hydrogens is 337 g/mol. The van der Waals surface area contributed by atoms with Gasteiger partial charge in [0.05, 0.1) is 6.10 Å². The number of primary amides is 1. The number of hydrogen-bond acceptors (Lipinski definition) is 4. The predicted octanol–water partition coefficient (Wildman–Crippen LogP) is 1.85. The normalized spacial score (nSPS) is 16.0. The maximum atomic E-state index is 13.2. The van der Waals surface area contributed by atoms with E-state index in [2.05, 4.69) is 9.97 Å². The monoisotopic (exact) mass is 362 g/mol. The Hall–Kier alpha value is -2.25. The number of imidazole rings is 1. The van der Waals surface area contributed by atoms with Crippen molar-refractivity contribution in [1.29, 1.82) is 0 Å². The number of nitrogens with zero attached hydrogens (tertiary/aromatic N) is 1. The van der Waals surface area contributed by atoms with E-state index in [1.54, 1.807) is 30.9 Å². The average molecular weight is 362 g/mol. The Morgan fingerprint density at radius 2 is 2.27 bits per heavy atom. The fourth-order valence-corrected chi connectivity index (χ4v) is 2.77. The number of aliphatic hydroxyl groups is 2. The number of carbonyl (C=O) groups is 1. The van der Waals surface area contributed by atoms with Gasteiger partial charge in [-0.2, -0.15) is 0 Å². The molecule has 6 nitrogen and oxygen atoms in total. The van der Waals surface area contributed by atoms with E-state index in [0.29, 0.717) is 25.1 Å². The number of hydrogen-bond donors (Lipinski definition) is 4. The number of nitrogens with two attached hydrogens (primary N) is 1. The molecule has 1 heterocycles. The summed E-state index contributed by atoms with van der Waals surface area (Å²) in [6, 6.07) is 6.22. The second kappa shape index (κ2) is 8.91. The number of H-pyrrole nitrogens is 1. The van der Waals surface area contributed by atoms with Gasteiger partial charge in [-0.25, -0.2) is 9.37 Å². The van der Waals surface area contributed by atoms with Crippen molar-refractivity contribution in [1.82, 2.24) is 9.97 Å². The lowest BCUT2D eigenvalue weighted by Crippen LogP contribution is -2.41. The standard InChI is InChI=1S/C19H25FN3O3/c1-19(26,18(21)25)8-7-14(17-22-9-10-23-17)12-16(24)6-5-13-3-2-4-15(20)11-13/h2-4,6,9-11,14,16,24,26H,5,7-8,12H2,1H3,(H2,21,25)(H,22,23)/t14-,16+,19?/m1/s1. The highest BCUT2D eigenvalue weighted by Crippen LogP contribution is 2.28. The third-order valence-electron chi connectivity index (χ3n) is 4.46. The Kier molecular flexibility index (Phi) is 6.88. The molecule has 26 heavy (non-hydrogen) atoms. The van der Waals surface area contributed by atoms with E-state index < -0.39 is 17.6 Å². The SMILES string of the molecule is CC(O)(CC[C@H](C[C@@H](O)[CH]Cc1cccc(F)c1)c1ncc[nH]1)C(N)=O. The minimum Gasteiger partial charge on any atom is -0.393 e. The van der Waals surface area contributed by atoms with E-state index in [-0.39, 0.29) is 18.2 Å². The van der Waals surface area contributed by atoms with Gasteiger partial charge in [-0.05, 0) is 56.7 Å². The van der Waals surface area contributed by atoms with Crippen LogP contribution in [0.1, 0.15) is 43.5 Å². The quantitative estimate of drug-likeness (QED) is 0.517. The van der Waals surface area contributed by atoms with Crippen molar-refractivity contribution < 1.29 is 19.4 Å². The summed E-state index contributed by atoms with van der Waals surface area (Å²) in [4.78, 5) is 18.5. The van der Waals surface area contributed by atoms with Gasteiger partial charge in [0.15, 0.2) is 0 Å². The summed E-state index contributed by atoms with van der Waals surface area (Å²) < 4.78 is 13.2. The smallest absolute Gasteiger partial charge is 0.249 e. The van der Waals surface area contributed by atoms with E-state index in [4.69, 9.17) is 5.73 Å². The van der Waals surface area contributed by atoms with E-state index in [1.165, 1.54) is 19.1 Å². The highest BCUT2D eigenvalue weighted by Gasteiger charge is 2.30. The maximum Gasteiger partial charge on any atom is 0.249 e. The second-order valence-electron chi connectivity index (χ2n) is 6.72. The first-order chi connectivity index (χ1) is 12.3. The fraction of sp³-hybridized carbons (Fsp3) is 0.421. The van der Waals surface area contributed by atoms with Gasteiger partial charge in [0.2, 0.25) is 5.91 Å². The van der Waals surface area contributed by atoms with E-state index >= 15 is 0 Å². The van der Waals surface area contributed by atoms with Crippen LogP contribution in [0, 0.1) is 12.2 Å². The molecule has 3 atom stereocenters. The van der Waals surface area contributed by atoms with E-state index in [9.17, 15) is 19.4 Å². The Morgan fingerprint density at radius 1 is 1.50 bits per heavy atom. The van der Waals surface area contributed by atoms with Crippen LogP contribution < -0.4 is 5.73 Å². The molecule has 0 saturated carbocycles. The molecule has 7 heteroatoms. The molecule has 1 unspecified atom stereocenters. The molecule has 0 saturated heterocycles. The summed E-state index contributed by atoms with van der Waals surface area (Å²) in [7, 11) is 0. The molecule has 1 aromatic carbocycles. The van der Waals surface area contributed by atoms with Gasteiger partial charge in [-0.3, -0.25) is 4.79 Å². The molecule has 141 valence electrons. The molecule has 0 bridgehead atoms. The van der Waals surface area contributed by atoms with Gasteiger partial charge in [-0.1, -0.05) is 12.1 Å². The van der Waals surface area contributed by atoms with Gasteiger partial charge in [-0.15, -0.1) is 0 Å². The van der Waals surface area contributed by atoms with Crippen LogP contribution in [-0.2, 0) is 11.2 Å². The number of rotatable bonds is 10. The average Bonchev–Trinajstić information content (AvgIpc) is 3.11. The molecule has 5 N–H and O–H groups in total. The lowest BCUT2D eigenvalue weighted by Gasteiger charge is -2.24. The van der Waals surface area contributed by atoms with Gasteiger partial charge in [0.25, 0.3) is 0 Å². The minimum atomic E-state index is -1.61. The van der Waals surface area contributed by atoms with Crippen molar-refractivity contribution in [3.05, 3.63) is 60.3 Å². The molecule has 0 aliphatic heterocycles. The fourth-order valence-electron chi connectivity index (χ4n) is 2.77. The number of benzene rings is 1. The number of halogens is 1. The lowest BCUT2D eigenvalue weighted by atomic mass is 9.88. The minimum absolute atomic E-state index is 0.157. The summed E-state index contributed by atoms with van der Waals surface area (Å²) in [6.07, 6.45) is 5.62. The molecule has 0 fully saturated rings. The summed E-state index contributed by atoms with van der Waals surface area (Å²) in [5, 5.41) is 20.4. The number of nitrogens with one attached hydrogen (secondary N) is 1. The number of carbonyl (C=O) groups excluding carboxylic acids is 1. The van der Waals surface area contributed by atoms with Crippen molar-refractivity contribution in [2.24, 2.45) is 5.73 Å². The van der Waals surface area contributed by atoms with Crippen LogP contribution in [0.5, 0.6) is 0 Å². The van der Waals surface area contributed by atoms with Crippen molar-refractivity contribution >= 4 is 5.91 Å². The number of aliphatic hydroxyl groups excluding tert-OH is 1. The Bertz CT molecular complexity index is 704. The molecular formula is C19H25FN3O3. The highest BCUT2D eigenvalue weighted by atomic mass is 19.1. The van der Waals surface area contributed by atoms with Gasteiger partial charge < -0.3 is 20.9 Å². The highest BCUT2D eigenvalue weighted by molar-refractivity contribution is 5.82. The molecule has 0 spiro atoms. The van der Waals surface area contributed by atoms with Crippen LogP contribution >= 0.6 is 0 Å². The maximum absolute atomic E-state index is 13.2. The first kappa shape index (κ1) is 20.1. The van der Waals surface area contributed by atoms with Crippen LogP contribution in [0.3, 0.4) is 0 Å². The van der Waals surface area contributed by atoms with Crippen molar-refractivity contribution in [2.45, 2.75) is 50.2 Å². The largest absolute Gasteiger partial charge is 0.393 e.